The number of rotatable bonds is 4. The normalized spacial score (nSPS) is 12.3. The van der Waals surface area contributed by atoms with Gasteiger partial charge in [-0.2, -0.15) is 0 Å². The molecule has 1 aromatic rings. The third kappa shape index (κ3) is 3.06. The predicted molar refractivity (Wildman–Crippen MR) is 60.3 cm³/mol. The third-order valence-corrected chi connectivity index (χ3v) is 2.22. The Balaban J connectivity index is 2.87. The minimum Gasteiger partial charge on any atom is -0.496 e. The van der Waals surface area contributed by atoms with Crippen molar-refractivity contribution in [3.63, 3.8) is 0 Å². The molecule has 1 atom stereocenters. The summed E-state index contributed by atoms with van der Waals surface area (Å²) < 4.78 is 5.12. The number of carbonyl (C=O) groups excluding carboxylic acids is 1. The number of methoxy groups -OCH3 is 1. The van der Waals surface area contributed by atoms with Crippen LogP contribution in [0.2, 0.25) is 0 Å². The Bertz CT molecular complexity index is 359. The van der Waals surface area contributed by atoms with Crippen LogP contribution in [0.3, 0.4) is 0 Å². The molecule has 82 valence electrons. The molecule has 0 bridgehead atoms. The molecule has 0 aromatic heterocycles. The summed E-state index contributed by atoms with van der Waals surface area (Å²) in [5.74, 6) is 0.878. The maximum atomic E-state index is 11.7. The summed E-state index contributed by atoms with van der Waals surface area (Å²) in [5, 5.41) is 0. The molecule has 1 rings (SSSR count). The van der Waals surface area contributed by atoms with Crippen molar-refractivity contribution in [3.05, 3.63) is 29.3 Å². The standard InChI is InChI=1S/C12H17NO2/c1-8-6-10(4-5-12(8)15-3)11(14)7-9(2)13/h4-6,9H,7,13H2,1-3H3. The Morgan fingerprint density at radius 1 is 1.53 bits per heavy atom. The first-order valence-electron chi connectivity index (χ1n) is 4.98. The fourth-order valence-corrected chi connectivity index (χ4v) is 1.46. The van der Waals surface area contributed by atoms with E-state index in [4.69, 9.17) is 10.5 Å². The van der Waals surface area contributed by atoms with Gasteiger partial charge in [-0.05, 0) is 37.6 Å². The monoisotopic (exact) mass is 207 g/mol. The molecule has 0 aliphatic rings. The summed E-state index contributed by atoms with van der Waals surface area (Å²) in [7, 11) is 1.62. The molecule has 0 aliphatic heterocycles. The first kappa shape index (κ1) is 11.7. The van der Waals surface area contributed by atoms with Gasteiger partial charge in [0.2, 0.25) is 0 Å². The maximum absolute atomic E-state index is 11.7. The summed E-state index contributed by atoms with van der Waals surface area (Å²) in [4.78, 5) is 11.7. The number of carbonyl (C=O) groups is 1. The number of hydrogen-bond acceptors (Lipinski definition) is 3. The maximum Gasteiger partial charge on any atom is 0.164 e. The van der Waals surface area contributed by atoms with E-state index in [0.29, 0.717) is 12.0 Å². The van der Waals surface area contributed by atoms with E-state index in [2.05, 4.69) is 0 Å². The Kier molecular flexibility index (Phi) is 3.86. The van der Waals surface area contributed by atoms with Gasteiger partial charge in [-0.3, -0.25) is 4.79 Å². The number of hydrogen-bond donors (Lipinski definition) is 1. The Labute approximate surface area is 90.2 Å². The molecule has 15 heavy (non-hydrogen) atoms. The van der Waals surface area contributed by atoms with Gasteiger partial charge in [-0.25, -0.2) is 0 Å². The largest absolute Gasteiger partial charge is 0.496 e. The van der Waals surface area contributed by atoms with Crippen LogP contribution < -0.4 is 10.5 Å². The van der Waals surface area contributed by atoms with Crippen molar-refractivity contribution in [1.29, 1.82) is 0 Å². The van der Waals surface area contributed by atoms with Crippen LogP contribution in [0.25, 0.3) is 0 Å². The number of benzene rings is 1. The highest BCUT2D eigenvalue weighted by molar-refractivity contribution is 5.96. The van der Waals surface area contributed by atoms with Crippen LogP contribution in [0.1, 0.15) is 29.3 Å². The van der Waals surface area contributed by atoms with Crippen molar-refractivity contribution in [2.45, 2.75) is 26.3 Å². The second-order valence-corrected chi connectivity index (χ2v) is 3.79. The highest BCUT2D eigenvalue weighted by Crippen LogP contribution is 2.19. The predicted octanol–water partition coefficient (Wildman–Crippen LogP) is 1.92. The molecule has 3 nitrogen and oxygen atoms in total. The van der Waals surface area contributed by atoms with Gasteiger partial charge in [0.25, 0.3) is 0 Å². The highest BCUT2D eigenvalue weighted by atomic mass is 16.5. The Morgan fingerprint density at radius 2 is 2.20 bits per heavy atom. The third-order valence-electron chi connectivity index (χ3n) is 2.22. The van der Waals surface area contributed by atoms with Crippen molar-refractivity contribution in [2.24, 2.45) is 5.73 Å². The molecule has 1 unspecified atom stereocenters. The summed E-state index contributed by atoms with van der Waals surface area (Å²) in [6.45, 7) is 3.75. The average molecular weight is 207 g/mol. The van der Waals surface area contributed by atoms with Gasteiger partial charge in [0.15, 0.2) is 5.78 Å². The molecule has 0 fully saturated rings. The lowest BCUT2D eigenvalue weighted by atomic mass is 10.0. The van der Waals surface area contributed by atoms with E-state index in [0.717, 1.165) is 11.3 Å². The molecule has 0 spiro atoms. The number of aryl methyl sites for hydroxylation is 1. The van der Waals surface area contributed by atoms with Crippen molar-refractivity contribution in [1.82, 2.24) is 0 Å². The topological polar surface area (TPSA) is 52.3 Å². The van der Waals surface area contributed by atoms with Crippen molar-refractivity contribution >= 4 is 5.78 Å². The lowest BCUT2D eigenvalue weighted by Crippen LogP contribution is -2.19. The molecule has 0 aliphatic carbocycles. The van der Waals surface area contributed by atoms with Gasteiger partial charge < -0.3 is 10.5 Å². The van der Waals surface area contributed by atoms with Crippen LogP contribution in [-0.4, -0.2) is 18.9 Å². The first-order chi connectivity index (χ1) is 7.04. The van der Waals surface area contributed by atoms with E-state index >= 15 is 0 Å². The van der Waals surface area contributed by atoms with E-state index in [1.54, 1.807) is 13.2 Å². The molecule has 0 amide bonds. The molecule has 0 saturated carbocycles. The van der Waals surface area contributed by atoms with E-state index in [9.17, 15) is 4.79 Å². The molecular weight excluding hydrogens is 190 g/mol. The van der Waals surface area contributed by atoms with Crippen LogP contribution >= 0.6 is 0 Å². The molecule has 0 heterocycles. The highest BCUT2D eigenvalue weighted by Gasteiger charge is 2.09. The van der Waals surface area contributed by atoms with Gasteiger partial charge in [-0.1, -0.05) is 0 Å². The van der Waals surface area contributed by atoms with Gasteiger partial charge in [-0.15, -0.1) is 0 Å². The second kappa shape index (κ2) is 4.94. The van der Waals surface area contributed by atoms with Crippen LogP contribution in [0.4, 0.5) is 0 Å². The van der Waals surface area contributed by atoms with Crippen LogP contribution in [-0.2, 0) is 0 Å². The fourth-order valence-electron chi connectivity index (χ4n) is 1.46. The number of ketones is 1. The summed E-state index contributed by atoms with van der Waals surface area (Å²) in [6.07, 6.45) is 0.381. The number of nitrogens with two attached hydrogens (primary N) is 1. The van der Waals surface area contributed by atoms with E-state index < -0.39 is 0 Å². The number of Topliss-reactive ketones (excluding diaryl/α,β-unsaturated/α-hetero) is 1. The number of ether oxygens (including phenoxy) is 1. The lowest BCUT2D eigenvalue weighted by Gasteiger charge is -2.08. The van der Waals surface area contributed by atoms with E-state index in [1.165, 1.54) is 0 Å². The van der Waals surface area contributed by atoms with Crippen molar-refractivity contribution in [2.75, 3.05) is 7.11 Å². The molecule has 3 heteroatoms. The fraction of sp³-hybridized carbons (Fsp3) is 0.417. The molecule has 2 N–H and O–H groups in total. The van der Waals surface area contributed by atoms with Crippen LogP contribution in [0, 0.1) is 6.92 Å². The van der Waals surface area contributed by atoms with Crippen molar-refractivity contribution < 1.29 is 9.53 Å². The molecular formula is C12H17NO2. The zero-order valence-corrected chi connectivity index (χ0v) is 9.41. The second-order valence-electron chi connectivity index (χ2n) is 3.79. The smallest absolute Gasteiger partial charge is 0.164 e. The minimum atomic E-state index is -0.0973. The minimum absolute atomic E-state index is 0.0794. The summed E-state index contributed by atoms with van der Waals surface area (Å²) in [6, 6.07) is 5.32. The Hall–Kier alpha value is -1.35. The van der Waals surface area contributed by atoms with E-state index in [1.807, 2.05) is 26.0 Å². The summed E-state index contributed by atoms with van der Waals surface area (Å²) in [5.41, 5.74) is 7.24. The van der Waals surface area contributed by atoms with Crippen LogP contribution in [0.5, 0.6) is 5.75 Å². The van der Waals surface area contributed by atoms with Gasteiger partial charge in [0, 0.05) is 18.0 Å². The summed E-state index contributed by atoms with van der Waals surface area (Å²) >= 11 is 0. The molecule has 0 saturated heterocycles. The quantitative estimate of drug-likeness (QED) is 0.767. The average Bonchev–Trinajstić information content (AvgIpc) is 2.16. The van der Waals surface area contributed by atoms with Gasteiger partial charge in [0.1, 0.15) is 5.75 Å². The van der Waals surface area contributed by atoms with Crippen LogP contribution in [0.15, 0.2) is 18.2 Å². The lowest BCUT2D eigenvalue weighted by molar-refractivity contribution is 0.0976. The van der Waals surface area contributed by atoms with Gasteiger partial charge >= 0.3 is 0 Å². The SMILES string of the molecule is COc1ccc(C(=O)CC(C)N)cc1C. The van der Waals surface area contributed by atoms with E-state index in [-0.39, 0.29) is 11.8 Å². The zero-order chi connectivity index (χ0) is 11.4. The van der Waals surface area contributed by atoms with Crippen molar-refractivity contribution in [3.8, 4) is 5.75 Å². The Morgan fingerprint density at radius 3 is 2.67 bits per heavy atom. The molecule has 0 radical (unpaired) electrons. The van der Waals surface area contributed by atoms with Gasteiger partial charge in [0.05, 0.1) is 7.11 Å². The first-order valence-corrected chi connectivity index (χ1v) is 4.98. The molecule has 1 aromatic carbocycles. The zero-order valence-electron chi connectivity index (χ0n) is 9.41.